The maximum atomic E-state index is 12.4. The van der Waals surface area contributed by atoms with Gasteiger partial charge in [-0.05, 0) is 50.6 Å². The highest BCUT2D eigenvalue weighted by atomic mass is 16.5. The number of benzene rings is 2. The van der Waals surface area contributed by atoms with Gasteiger partial charge in [0.1, 0.15) is 12.4 Å². The zero-order valence-electron chi connectivity index (χ0n) is 17.1. The molecule has 0 radical (unpaired) electrons. The quantitative estimate of drug-likeness (QED) is 0.648. The molecule has 1 aliphatic carbocycles. The van der Waals surface area contributed by atoms with Crippen LogP contribution in [0.4, 0.5) is 5.69 Å². The summed E-state index contributed by atoms with van der Waals surface area (Å²) < 4.78 is 5.80. The maximum Gasteiger partial charge on any atom is 0.253 e. The monoisotopic (exact) mass is 395 g/mol. The molecule has 6 nitrogen and oxygen atoms in total. The predicted molar refractivity (Wildman–Crippen MR) is 114 cm³/mol. The van der Waals surface area contributed by atoms with Gasteiger partial charge in [0.2, 0.25) is 5.91 Å². The minimum absolute atomic E-state index is 0.108. The standard InChI is InChI=1S/C23H29N3O3/c1-17-7-3-6-10-21(17)29-16-15-26(2)14-13-22(27)25-20-9-5-4-8-19(20)23(28)24-18-11-12-18/h3-10,18H,11-16H2,1-2H3,(H,24,28)(H,25,27). The zero-order chi connectivity index (χ0) is 20.6. The van der Waals surface area contributed by atoms with Crippen molar-refractivity contribution in [1.82, 2.24) is 10.2 Å². The van der Waals surface area contributed by atoms with E-state index < -0.39 is 0 Å². The molecular formula is C23H29N3O3. The molecule has 0 aliphatic heterocycles. The molecule has 0 bridgehead atoms. The molecule has 2 aromatic carbocycles. The average molecular weight is 396 g/mol. The van der Waals surface area contributed by atoms with Gasteiger partial charge in [0, 0.05) is 25.6 Å². The first kappa shape index (κ1) is 20.9. The van der Waals surface area contributed by atoms with Gasteiger partial charge in [-0.15, -0.1) is 0 Å². The summed E-state index contributed by atoms with van der Waals surface area (Å²) in [6, 6.07) is 15.3. The van der Waals surface area contributed by atoms with Gasteiger partial charge < -0.3 is 20.3 Å². The van der Waals surface area contributed by atoms with Crippen molar-refractivity contribution in [2.24, 2.45) is 0 Å². The van der Waals surface area contributed by atoms with Crippen molar-refractivity contribution in [3.8, 4) is 5.75 Å². The van der Waals surface area contributed by atoms with Crippen LogP contribution < -0.4 is 15.4 Å². The molecule has 154 valence electrons. The van der Waals surface area contributed by atoms with Crippen molar-refractivity contribution in [3.05, 3.63) is 59.7 Å². The van der Waals surface area contributed by atoms with Crippen LogP contribution in [0, 0.1) is 6.92 Å². The van der Waals surface area contributed by atoms with Gasteiger partial charge in [-0.2, -0.15) is 0 Å². The summed E-state index contributed by atoms with van der Waals surface area (Å²) >= 11 is 0. The molecule has 2 N–H and O–H groups in total. The summed E-state index contributed by atoms with van der Waals surface area (Å²) in [5, 5.41) is 5.83. The lowest BCUT2D eigenvalue weighted by molar-refractivity contribution is -0.116. The van der Waals surface area contributed by atoms with Gasteiger partial charge in [-0.1, -0.05) is 30.3 Å². The number of carbonyl (C=O) groups is 2. The fourth-order valence-electron chi connectivity index (χ4n) is 2.93. The molecule has 0 spiro atoms. The highest BCUT2D eigenvalue weighted by Crippen LogP contribution is 2.21. The van der Waals surface area contributed by atoms with Crippen molar-refractivity contribution in [2.75, 3.05) is 32.1 Å². The molecule has 1 fully saturated rings. The van der Waals surface area contributed by atoms with Gasteiger partial charge in [-0.3, -0.25) is 9.59 Å². The number of hydrogen-bond donors (Lipinski definition) is 2. The molecule has 1 aliphatic rings. The molecule has 29 heavy (non-hydrogen) atoms. The lowest BCUT2D eigenvalue weighted by Crippen LogP contribution is -2.29. The van der Waals surface area contributed by atoms with Crippen molar-refractivity contribution >= 4 is 17.5 Å². The molecule has 0 unspecified atom stereocenters. The lowest BCUT2D eigenvalue weighted by atomic mass is 10.1. The average Bonchev–Trinajstić information content (AvgIpc) is 3.52. The van der Waals surface area contributed by atoms with E-state index in [2.05, 4.69) is 15.5 Å². The third-order valence-corrected chi connectivity index (χ3v) is 4.90. The Morgan fingerprint density at radius 1 is 1.07 bits per heavy atom. The van der Waals surface area contributed by atoms with E-state index in [1.165, 1.54) is 0 Å². The summed E-state index contributed by atoms with van der Waals surface area (Å²) in [5.41, 5.74) is 2.17. The highest BCUT2D eigenvalue weighted by Gasteiger charge is 2.25. The molecule has 0 saturated heterocycles. The highest BCUT2D eigenvalue weighted by molar-refractivity contribution is 6.03. The van der Waals surface area contributed by atoms with Crippen LogP contribution in [0.3, 0.4) is 0 Å². The molecular weight excluding hydrogens is 366 g/mol. The first-order chi connectivity index (χ1) is 14.0. The number of anilines is 1. The second-order valence-electron chi connectivity index (χ2n) is 7.51. The second kappa shape index (κ2) is 10.1. The number of para-hydroxylation sites is 2. The van der Waals surface area contributed by atoms with E-state index >= 15 is 0 Å². The van der Waals surface area contributed by atoms with Gasteiger partial charge in [0.25, 0.3) is 5.91 Å². The minimum Gasteiger partial charge on any atom is -0.492 e. The summed E-state index contributed by atoms with van der Waals surface area (Å²) in [6.07, 6.45) is 2.40. The Balaban J connectivity index is 1.41. The van der Waals surface area contributed by atoms with Gasteiger partial charge in [0.15, 0.2) is 0 Å². The van der Waals surface area contributed by atoms with Crippen LogP contribution in [-0.4, -0.2) is 49.5 Å². The fraction of sp³-hybridized carbons (Fsp3) is 0.391. The molecule has 1 saturated carbocycles. The Morgan fingerprint density at radius 3 is 2.55 bits per heavy atom. The van der Waals surface area contributed by atoms with Crippen molar-refractivity contribution < 1.29 is 14.3 Å². The predicted octanol–water partition coefficient (Wildman–Crippen LogP) is 3.23. The SMILES string of the molecule is Cc1ccccc1OCCN(C)CCC(=O)Nc1ccccc1C(=O)NC1CC1. The summed E-state index contributed by atoms with van der Waals surface area (Å²) in [6.45, 7) is 3.92. The smallest absolute Gasteiger partial charge is 0.253 e. The third-order valence-electron chi connectivity index (χ3n) is 4.90. The van der Waals surface area contributed by atoms with Gasteiger partial charge in [0.05, 0.1) is 11.3 Å². The third kappa shape index (κ3) is 6.61. The number of hydrogen-bond acceptors (Lipinski definition) is 4. The number of amides is 2. The number of carbonyl (C=O) groups excluding carboxylic acids is 2. The molecule has 0 aromatic heterocycles. The van der Waals surface area contributed by atoms with E-state index in [0.717, 1.165) is 30.7 Å². The Hall–Kier alpha value is -2.86. The number of nitrogens with one attached hydrogen (secondary N) is 2. The topological polar surface area (TPSA) is 70.7 Å². The normalized spacial score (nSPS) is 13.2. The van der Waals surface area contributed by atoms with E-state index in [9.17, 15) is 9.59 Å². The number of aryl methyl sites for hydroxylation is 1. The van der Waals surface area contributed by atoms with E-state index in [0.29, 0.717) is 30.8 Å². The molecule has 2 aromatic rings. The molecule has 0 atom stereocenters. The zero-order valence-corrected chi connectivity index (χ0v) is 17.1. The minimum atomic E-state index is -0.131. The molecule has 2 amide bonds. The Kier molecular flexibility index (Phi) is 7.25. The van der Waals surface area contributed by atoms with E-state index in [1.807, 2.05) is 44.3 Å². The first-order valence-corrected chi connectivity index (χ1v) is 10.1. The van der Waals surface area contributed by atoms with Crippen LogP contribution in [0.5, 0.6) is 5.75 Å². The molecule has 3 rings (SSSR count). The van der Waals surface area contributed by atoms with E-state index in [1.54, 1.807) is 18.2 Å². The van der Waals surface area contributed by atoms with Crippen LogP contribution in [0.25, 0.3) is 0 Å². The van der Waals surface area contributed by atoms with Crippen molar-refractivity contribution in [2.45, 2.75) is 32.2 Å². The van der Waals surface area contributed by atoms with E-state index in [-0.39, 0.29) is 17.9 Å². The summed E-state index contributed by atoms with van der Waals surface area (Å²) in [4.78, 5) is 26.8. The molecule has 0 heterocycles. The maximum absolute atomic E-state index is 12.4. The number of likely N-dealkylation sites (N-methyl/N-ethyl adjacent to an activating group) is 1. The second-order valence-corrected chi connectivity index (χ2v) is 7.51. The van der Waals surface area contributed by atoms with Crippen molar-refractivity contribution in [3.63, 3.8) is 0 Å². The van der Waals surface area contributed by atoms with Gasteiger partial charge >= 0.3 is 0 Å². The fourth-order valence-corrected chi connectivity index (χ4v) is 2.93. The Labute approximate surface area is 172 Å². The Bertz CT molecular complexity index is 849. The van der Waals surface area contributed by atoms with Gasteiger partial charge in [-0.25, -0.2) is 0 Å². The summed E-state index contributed by atoms with van der Waals surface area (Å²) in [7, 11) is 1.96. The van der Waals surface area contributed by atoms with Crippen LogP contribution in [0.2, 0.25) is 0 Å². The number of nitrogens with zero attached hydrogens (tertiary/aromatic N) is 1. The number of rotatable bonds is 10. The van der Waals surface area contributed by atoms with Crippen LogP contribution in [0.15, 0.2) is 48.5 Å². The van der Waals surface area contributed by atoms with Crippen LogP contribution in [-0.2, 0) is 4.79 Å². The molecule has 6 heteroatoms. The Morgan fingerprint density at radius 2 is 1.79 bits per heavy atom. The van der Waals surface area contributed by atoms with Crippen molar-refractivity contribution in [1.29, 1.82) is 0 Å². The first-order valence-electron chi connectivity index (χ1n) is 10.1. The largest absolute Gasteiger partial charge is 0.492 e. The summed E-state index contributed by atoms with van der Waals surface area (Å²) in [5.74, 6) is 0.650. The van der Waals surface area contributed by atoms with E-state index in [4.69, 9.17) is 4.74 Å². The van der Waals surface area contributed by atoms with Crippen LogP contribution >= 0.6 is 0 Å². The lowest BCUT2D eigenvalue weighted by Gasteiger charge is -2.17. The van der Waals surface area contributed by atoms with Crippen LogP contribution in [0.1, 0.15) is 35.2 Å². The number of ether oxygens (including phenoxy) is 1.